The van der Waals surface area contributed by atoms with Crippen molar-refractivity contribution in [1.29, 1.82) is 0 Å². The van der Waals surface area contributed by atoms with Crippen molar-refractivity contribution in [1.82, 2.24) is 0 Å². The molecule has 2 aliphatic rings. The Balaban J connectivity index is 1.85. The Kier molecular flexibility index (Phi) is 6.55. The van der Waals surface area contributed by atoms with E-state index >= 15 is 0 Å². The second-order valence-electron chi connectivity index (χ2n) is 9.65. The molecule has 1 aromatic carbocycles. The molecular formula is C22H34O6Si. The Morgan fingerprint density at radius 1 is 1.24 bits per heavy atom. The number of esters is 1. The van der Waals surface area contributed by atoms with Gasteiger partial charge in [0.05, 0.1) is 32.0 Å². The van der Waals surface area contributed by atoms with Crippen LogP contribution in [-0.4, -0.2) is 57.5 Å². The first kappa shape index (κ1) is 22.4. The summed E-state index contributed by atoms with van der Waals surface area (Å²) in [6, 6.07) is 9.86. The lowest BCUT2D eigenvalue weighted by atomic mass is 9.75. The lowest BCUT2D eigenvalue weighted by Crippen LogP contribution is -2.61. The van der Waals surface area contributed by atoms with Crippen LogP contribution in [0.2, 0.25) is 18.1 Å². The van der Waals surface area contributed by atoms with Gasteiger partial charge in [-0.15, -0.1) is 0 Å². The number of hydrogen-bond donors (Lipinski definition) is 1. The van der Waals surface area contributed by atoms with E-state index in [4.69, 9.17) is 18.6 Å². The molecule has 1 aromatic rings. The molecule has 0 radical (unpaired) electrons. The molecule has 2 heterocycles. The first-order valence-corrected chi connectivity index (χ1v) is 13.2. The molecule has 0 unspecified atom stereocenters. The summed E-state index contributed by atoms with van der Waals surface area (Å²) in [6.07, 6.45) is -0.813. The number of aliphatic hydroxyl groups excluding tert-OH is 1. The normalized spacial score (nSPS) is 30.1. The number of aliphatic hydroxyl groups is 1. The van der Waals surface area contributed by atoms with Crippen molar-refractivity contribution in [3.8, 4) is 0 Å². The summed E-state index contributed by atoms with van der Waals surface area (Å²) in [5.74, 6) is -0.323. The van der Waals surface area contributed by atoms with Crippen LogP contribution in [-0.2, 0) is 30.0 Å². The monoisotopic (exact) mass is 422 g/mol. The van der Waals surface area contributed by atoms with Gasteiger partial charge in [-0.3, -0.25) is 4.79 Å². The molecule has 0 spiro atoms. The summed E-state index contributed by atoms with van der Waals surface area (Å²) in [5, 5.41) is 9.73. The molecule has 0 aromatic heterocycles. The minimum atomic E-state index is -2.17. The predicted molar refractivity (Wildman–Crippen MR) is 112 cm³/mol. The molecule has 0 bridgehead atoms. The molecule has 2 fully saturated rings. The fraction of sp³-hybridized carbons (Fsp3) is 0.682. The maximum absolute atomic E-state index is 13.0. The molecule has 0 amide bonds. The van der Waals surface area contributed by atoms with E-state index in [0.29, 0.717) is 13.0 Å². The summed E-state index contributed by atoms with van der Waals surface area (Å²) < 4.78 is 24.2. The second-order valence-corrected chi connectivity index (χ2v) is 14.4. The molecule has 162 valence electrons. The van der Waals surface area contributed by atoms with Gasteiger partial charge in [-0.25, -0.2) is 0 Å². The fourth-order valence-electron chi connectivity index (χ4n) is 3.76. The highest BCUT2D eigenvalue weighted by molar-refractivity contribution is 6.74. The van der Waals surface area contributed by atoms with Gasteiger partial charge < -0.3 is 23.7 Å². The molecule has 1 N–H and O–H groups in total. The summed E-state index contributed by atoms with van der Waals surface area (Å²) in [4.78, 5) is 13.0. The van der Waals surface area contributed by atoms with Crippen LogP contribution < -0.4 is 0 Å². The van der Waals surface area contributed by atoms with Crippen LogP contribution in [0.4, 0.5) is 0 Å². The summed E-state index contributed by atoms with van der Waals surface area (Å²) in [6.45, 7) is 11.5. The van der Waals surface area contributed by atoms with Crippen molar-refractivity contribution in [2.45, 2.75) is 70.2 Å². The fourth-order valence-corrected chi connectivity index (χ4v) is 5.13. The van der Waals surface area contributed by atoms with Gasteiger partial charge in [0.25, 0.3) is 0 Å². The van der Waals surface area contributed by atoms with Gasteiger partial charge in [-0.1, -0.05) is 51.1 Å². The van der Waals surface area contributed by atoms with Crippen molar-refractivity contribution in [2.75, 3.05) is 19.8 Å². The molecule has 7 heteroatoms. The molecule has 6 nitrogen and oxygen atoms in total. The molecular weight excluding hydrogens is 388 g/mol. The minimum absolute atomic E-state index is 0.00981. The summed E-state index contributed by atoms with van der Waals surface area (Å²) in [5.41, 5.74) is 0.0364. The number of hydrogen-bond acceptors (Lipinski definition) is 6. The van der Waals surface area contributed by atoms with E-state index in [1.54, 1.807) is 0 Å². The van der Waals surface area contributed by atoms with Gasteiger partial charge >= 0.3 is 5.97 Å². The van der Waals surface area contributed by atoms with E-state index in [-0.39, 0.29) is 36.9 Å². The number of cyclic esters (lactones) is 1. The smallest absolute Gasteiger partial charge is 0.319 e. The van der Waals surface area contributed by atoms with Crippen molar-refractivity contribution >= 4 is 14.3 Å². The predicted octanol–water partition coefficient (Wildman–Crippen LogP) is 3.29. The third-order valence-electron chi connectivity index (χ3n) is 6.63. The quantitative estimate of drug-likeness (QED) is 0.537. The maximum Gasteiger partial charge on any atom is 0.319 e. The topological polar surface area (TPSA) is 74.2 Å². The highest BCUT2D eigenvalue weighted by atomic mass is 28.4. The van der Waals surface area contributed by atoms with Crippen LogP contribution in [0, 0.1) is 5.41 Å². The molecule has 4 atom stereocenters. The number of carbonyl (C=O) groups excluding carboxylic acids is 1. The average molecular weight is 423 g/mol. The third kappa shape index (κ3) is 4.44. The lowest BCUT2D eigenvalue weighted by Gasteiger charge is -2.49. The van der Waals surface area contributed by atoms with Crippen LogP contribution in [0.1, 0.15) is 32.8 Å². The molecule has 2 aliphatic heterocycles. The van der Waals surface area contributed by atoms with Gasteiger partial charge in [0.2, 0.25) is 0 Å². The van der Waals surface area contributed by atoms with E-state index in [1.165, 1.54) is 0 Å². The van der Waals surface area contributed by atoms with E-state index in [2.05, 4.69) is 33.9 Å². The van der Waals surface area contributed by atoms with E-state index < -0.39 is 25.9 Å². The number of rotatable bonds is 7. The largest absolute Gasteiger partial charge is 0.462 e. The average Bonchev–Trinajstić information content (AvgIpc) is 2.98. The molecule has 3 rings (SSSR count). The molecule has 0 aliphatic carbocycles. The zero-order valence-corrected chi connectivity index (χ0v) is 19.1. The molecule has 29 heavy (non-hydrogen) atoms. The Morgan fingerprint density at radius 3 is 2.55 bits per heavy atom. The van der Waals surface area contributed by atoms with E-state index in [0.717, 1.165) is 5.56 Å². The summed E-state index contributed by atoms with van der Waals surface area (Å²) >= 11 is 0. The van der Waals surface area contributed by atoms with E-state index in [9.17, 15) is 9.90 Å². The van der Waals surface area contributed by atoms with Gasteiger partial charge in [-0.2, -0.15) is 0 Å². The van der Waals surface area contributed by atoms with Crippen molar-refractivity contribution in [2.24, 2.45) is 5.41 Å². The number of carbonyl (C=O) groups is 1. The zero-order valence-electron chi connectivity index (χ0n) is 18.1. The first-order valence-electron chi connectivity index (χ1n) is 10.3. The number of ether oxygens (including phenoxy) is 3. The number of benzene rings is 1. The highest BCUT2D eigenvalue weighted by Crippen LogP contribution is 2.48. The zero-order chi connectivity index (χ0) is 21.3. The van der Waals surface area contributed by atoms with Crippen LogP contribution in [0.25, 0.3) is 0 Å². The minimum Gasteiger partial charge on any atom is -0.462 e. The SMILES string of the molecule is CC(C)(C)[Si](C)(C)O[C@@H]1C[C@@H](CO)O[C@H]2COC(=O)[C@]21COCc1ccccc1. The standard InChI is InChI=1S/C22H34O6Si/c1-21(2,3)29(4,5)28-18-11-17(12-23)27-19-14-26-20(24)22(18,19)15-25-13-16-9-7-6-8-10-16/h6-10,17-19,23H,11-15H2,1-5H3/t17-,18+,19-,22-/m0/s1. The van der Waals surface area contributed by atoms with Crippen LogP contribution in [0.3, 0.4) is 0 Å². The Labute approximate surface area is 174 Å². The van der Waals surface area contributed by atoms with Crippen molar-refractivity contribution in [3.05, 3.63) is 35.9 Å². The maximum atomic E-state index is 13.0. The number of fused-ring (bicyclic) bond motifs is 1. The van der Waals surface area contributed by atoms with Gasteiger partial charge in [0.15, 0.2) is 8.32 Å². The van der Waals surface area contributed by atoms with Crippen LogP contribution in [0.15, 0.2) is 30.3 Å². The Hall–Kier alpha value is -1.25. The Bertz CT molecular complexity index is 701. The van der Waals surface area contributed by atoms with Gasteiger partial charge in [0, 0.05) is 6.42 Å². The molecule has 0 saturated carbocycles. The van der Waals surface area contributed by atoms with Crippen molar-refractivity contribution < 1.29 is 28.5 Å². The van der Waals surface area contributed by atoms with Gasteiger partial charge in [0.1, 0.15) is 18.1 Å². The van der Waals surface area contributed by atoms with Crippen LogP contribution >= 0.6 is 0 Å². The highest BCUT2D eigenvalue weighted by Gasteiger charge is 2.63. The van der Waals surface area contributed by atoms with E-state index in [1.807, 2.05) is 30.3 Å². The molecule has 2 saturated heterocycles. The van der Waals surface area contributed by atoms with Crippen LogP contribution in [0.5, 0.6) is 0 Å². The summed E-state index contributed by atoms with van der Waals surface area (Å²) in [7, 11) is -2.17. The Morgan fingerprint density at radius 2 is 1.93 bits per heavy atom. The first-order chi connectivity index (χ1) is 13.6. The van der Waals surface area contributed by atoms with Crippen molar-refractivity contribution in [3.63, 3.8) is 0 Å². The lowest BCUT2D eigenvalue weighted by molar-refractivity contribution is -0.195. The van der Waals surface area contributed by atoms with Gasteiger partial charge in [-0.05, 0) is 23.7 Å². The second kappa shape index (κ2) is 8.47. The third-order valence-corrected chi connectivity index (χ3v) is 11.1.